The Morgan fingerprint density at radius 2 is 2.05 bits per heavy atom. The number of rotatable bonds is 5. The SMILES string of the molecule is CC(Cl)c1nc2cc(F)ccc2n1CCCN1CCCC1. The highest BCUT2D eigenvalue weighted by Gasteiger charge is 2.16. The van der Waals surface area contributed by atoms with Gasteiger partial charge in [-0.05, 0) is 58.0 Å². The first-order valence-corrected chi connectivity index (χ1v) is 8.11. The van der Waals surface area contributed by atoms with E-state index in [1.165, 1.54) is 38.1 Å². The lowest BCUT2D eigenvalue weighted by molar-refractivity contribution is 0.325. The largest absolute Gasteiger partial charge is 0.327 e. The van der Waals surface area contributed by atoms with Crippen molar-refractivity contribution in [3.8, 4) is 0 Å². The van der Waals surface area contributed by atoms with Gasteiger partial charge >= 0.3 is 0 Å². The van der Waals surface area contributed by atoms with Crippen molar-refractivity contribution in [2.24, 2.45) is 0 Å². The molecule has 5 heteroatoms. The van der Waals surface area contributed by atoms with Crippen molar-refractivity contribution >= 4 is 22.6 Å². The monoisotopic (exact) mass is 309 g/mol. The topological polar surface area (TPSA) is 21.1 Å². The van der Waals surface area contributed by atoms with Gasteiger partial charge in [-0.2, -0.15) is 0 Å². The molecule has 3 rings (SSSR count). The summed E-state index contributed by atoms with van der Waals surface area (Å²) < 4.78 is 15.5. The van der Waals surface area contributed by atoms with Gasteiger partial charge in [0.2, 0.25) is 0 Å². The second-order valence-corrected chi connectivity index (χ2v) is 6.43. The average molecular weight is 310 g/mol. The average Bonchev–Trinajstić information content (AvgIpc) is 3.06. The Hall–Kier alpha value is -1.13. The van der Waals surface area contributed by atoms with Crippen molar-refractivity contribution in [1.29, 1.82) is 0 Å². The number of hydrogen-bond donors (Lipinski definition) is 0. The van der Waals surface area contributed by atoms with Crippen LogP contribution in [0.2, 0.25) is 0 Å². The molecular formula is C16H21ClFN3. The van der Waals surface area contributed by atoms with E-state index in [1.807, 2.05) is 6.92 Å². The van der Waals surface area contributed by atoms with Gasteiger partial charge in [0.05, 0.1) is 16.4 Å². The van der Waals surface area contributed by atoms with E-state index in [2.05, 4.69) is 14.5 Å². The number of imidazole rings is 1. The predicted octanol–water partition coefficient (Wildman–Crippen LogP) is 3.96. The van der Waals surface area contributed by atoms with Gasteiger partial charge in [-0.15, -0.1) is 11.6 Å². The van der Waals surface area contributed by atoms with Crippen LogP contribution in [0.1, 0.15) is 37.4 Å². The van der Waals surface area contributed by atoms with E-state index in [-0.39, 0.29) is 11.2 Å². The summed E-state index contributed by atoms with van der Waals surface area (Å²) in [6.07, 6.45) is 3.70. The summed E-state index contributed by atoms with van der Waals surface area (Å²) in [5, 5.41) is -0.174. The molecule has 1 unspecified atom stereocenters. The Balaban J connectivity index is 1.79. The summed E-state index contributed by atoms with van der Waals surface area (Å²) >= 11 is 6.24. The fraction of sp³-hybridized carbons (Fsp3) is 0.562. The van der Waals surface area contributed by atoms with Gasteiger partial charge in [-0.3, -0.25) is 0 Å². The lowest BCUT2D eigenvalue weighted by atomic mass is 10.3. The van der Waals surface area contributed by atoms with Crippen LogP contribution in [0.15, 0.2) is 18.2 Å². The van der Waals surface area contributed by atoms with E-state index in [0.717, 1.165) is 30.9 Å². The van der Waals surface area contributed by atoms with Crippen molar-refractivity contribution in [2.45, 2.75) is 38.1 Å². The van der Waals surface area contributed by atoms with Gasteiger partial charge < -0.3 is 9.47 Å². The number of halogens is 2. The molecule has 0 spiro atoms. The number of benzene rings is 1. The number of nitrogens with zero attached hydrogens (tertiary/aromatic N) is 3. The van der Waals surface area contributed by atoms with E-state index in [4.69, 9.17) is 11.6 Å². The zero-order valence-corrected chi connectivity index (χ0v) is 13.1. The lowest BCUT2D eigenvalue weighted by Crippen LogP contribution is -2.21. The van der Waals surface area contributed by atoms with Crippen LogP contribution in [0.25, 0.3) is 11.0 Å². The zero-order valence-electron chi connectivity index (χ0n) is 12.4. The lowest BCUT2D eigenvalue weighted by Gasteiger charge is -2.16. The summed E-state index contributed by atoms with van der Waals surface area (Å²) in [5.74, 6) is 0.580. The second-order valence-electron chi connectivity index (χ2n) is 5.77. The molecule has 2 heterocycles. The Kier molecular flexibility index (Phi) is 4.45. The molecule has 0 saturated carbocycles. The van der Waals surface area contributed by atoms with Crippen molar-refractivity contribution in [2.75, 3.05) is 19.6 Å². The normalized spacial score (nSPS) is 17.7. The van der Waals surface area contributed by atoms with Gasteiger partial charge in [0.1, 0.15) is 11.6 Å². The predicted molar refractivity (Wildman–Crippen MR) is 84.3 cm³/mol. The van der Waals surface area contributed by atoms with Crippen LogP contribution >= 0.6 is 11.6 Å². The molecule has 3 nitrogen and oxygen atoms in total. The van der Waals surface area contributed by atoms with E-state index in [9.17, 15) is 4.39 Å². The smallest absolute Gasteiger partial charge is 0.127 e. The number of aromatic nitrogens is 2. The molecule has 0 bridgehead atoms. The summed E-state index contributed by atoms with van der Waals surface area (Å²) in [4.78, 5) is 7.00. The zero-order chi connectivity index (χ0) is 14.8. The minimum Gasteiger partial charge on any atom is -0.327 e. The third kappa shape index (κ3) is 3.22. The van der Waals surface area contributed by atoms with E-state index < -0.39 is 0 Å². The minimum atomic E-state index is -0.252. The first-order chi connectivity index (χ1) is 10.1. The molecule has 0 radical (unpaired) electrons. The van der Waals surface area contributed by atoms with E-state index in [0.29, 0.717) is 5.52 Å². The third-order valence-corrected chi connectivity index (χ3v) is 4.35. The molecule has 1 atom stereocenters. The quantitative estimate of drug-likeness (QED) is 0.780. The van der Waals surface area contributed by atoms with Crippen molar-refractivity contribution in [3.05, 3.63) is 29.8 Å². The van der Waals surface area contributed by atoms with Gasteiger partial charge in [-0.25, -0.2) is 9.37 Å². The highest BCUT2D eigenvalue weighted by atomic mass is 35.5. The summed E-state index contributed by atoms with van der Waals surface area (Å²) in [7, 11) is 0. The van der Waals surface area contributed by atoms with Crippen LogP contribution in [0, 0.1) is 5.82 Å². The van der Waals surface area contributed by atoms with Crippen LogP contribution in [0.3, 0.4) is 0 Å². The molecule has 114 valence electrons. The van der Waals surface area contributed by atoms with E-state index in [1.54, 1.807) is 6.07 Å². The molecular weight excluding hydrogens is 289 g/mol. The summed E-state index contributed by atoms with van der Waals surface area (Å²) in [6, 6.07) is 4.77. The minimum absolute atomic E-state index is 0.174. The first kappa shape index (κ1) is 14.8. The van der Waals surface area contributed by atoms with Crippen LogP contribution in [0.5, 0.6) is 0 Å². The molecule has 0 amide bonds. The molecule has 1 fully saturated rings. The Labute approximate surface area is 129 Å². The van der Waals surface area contributed by atoms with Gasteiger partial charge in [0.15, 0.2) is 0 Å². The van der Waals surface area contributed by atoms with Crippen LogP contribution < -0.4 is 0 Å². The van der Waals surface area contributed by atoms with Crippen LogP contribution in [-0.4, -0.2) is 34.1 Å². The van der Waals surface area contributed by atoms with Crippen LogP contribution in [-0.2, 0) is 6.54 Å². The Morgan fingerprint density at radius 3 is 2.76 bits per heavy atom. The van der Waals surface area contributed by atoms with Gasteiger partial charge in [-0.1, -0.05) is 0 Å². The standard InChI is InChI=1S/C16H21ClFN3/c1-12(17)16-19-14-11-13(18)5-6-15(14)21(16)10-4-9-20-7-2-3-8-20/h5-6,11-12H,2-4,7-10H2,1H3. The molecule has 0 N–H and O–H groups in total. The maximum absolute atomic E-state index is 13.3. The number of fused-ring (bicyclic) bond motifs is 1. The van der Waals surface area contributed by atoms with Crippen molar-refractivity contribution < 1.29 is 4.39 Å². The summed E-state index contributed by atoms with van der Waals surface area (Å²) in [5.41, 5.74) is 1.67. The highest BCUT2D eigenvalue weighted by Crippen LogP contribution is 2.25. The number of likely N-dealkylation sites (tertiary alicyclic amines) is 1. The van der Waals surface area contributed by atoms with Crippen LogP contribution in [0.4, 0.5) is 4.39 Å². The highest BCUT2D eigenvalue weighted by molar-refractivity contribution is 6.20. The maximum Gasteiger partial charge on any atom is 0.127 e. The molecule has 21 heavy (non-hydrogen) atoms. The fourth-order valence-corrected chi connectivity index (χ4v) is 3.29. The van der Waals surface area contributed by atoms with Gasteiger partial charge in [0.25, 0.3) is 0 Å². The summed E-state index contributed by atoms with van der Waals surface area (Å²) in [6.45, 7) is 6.33. The van der Waals surface area contributed by atoms with Crippen molar-refractivity contribution in [1.82, 2.24) is 14.5 Å². The Morgan fingerprint density at radius 1 is 1.29 bits per heavy atom. The number of aryl methyl sites for hydroxylation is 1. The van der Waals surface area contributed by atoms with E-state index >= 15 is 0 Å². The number of hydrogen-bond acceptors (Lipinski definition) is 2. The molecule has 1 saturated heterocycles. The molecule has 1 aromatic heterocycles. The number of alkyl halides is 1. The third-order valence-electron chi connectivity index (χ3n) is 4.15. The van der Waals surface area contributed by atoms with Crippen molar-refractivity contribution in [3.63, 3.8) is 0 Å². The molecule has 0 aliphatic carbocycles. The van der Waals surface area contributed by atoms with Gasteiger partial charge in [0, 0.05) is 12.6 Å². The Bertz CT molecular complexity index is 617. The molecule has 1 aliphatic rings. The second kappa shape index (κ2) is 6.32. The first-order valence-electron chi connectivity index (χ1n) is 7.67. The maximum atomic E-state index is 13.3. The molecule has 1 aliphatic heterocycles. The molecule has 1 aromatic carbocycles. The fourth-order valence-electron chi connectivity index (χ4n) is 3.12. The molecule has 2 aromatic rings.